The lowest BCUT2D eigenvalue weighted by Gasteiger charge is -2.28. The summed E-state index contributed by atoms with van der Waals surface area (Å²) in [6.45, 7) is 4.81. The molecule has 0 spiro atoms. The second kappa shape index (κ2) is 6.11. The Hall–Kier alpha value is -0.570. The first kappa shape index (κ1) is 12.5. The van der Waals surface area contributed by atoms with E-state index in [0.717, 1.165) is 12.5 Å². The summed E-state index contributed by atoms with van der Waals surface area (Å²) >= 11 is 0. The first-order chi connectivity index (χ1) is 7.13. The molecule has 88 valence electrons. The summed E-state index contributed by atoms with van der Waals surface area (Å²) in [4.78, 5) is 11.3. The maximum Gasteiger partial charge on any atom is 0.236 e. The molecule has 0 aromatic heterocycles. The summed E-state index contributed by atoms with van der Waals surface area (Å²) in [6.07, 6.45) is 6.48. The zero-order valence-electron chi connectivity index (χ0n) is 9.96. The Bertz CT molecular complexity index is 196. The molecule has 0 unspecified atom stereocenters. The van der Waals surface area contributed by atoms with Gasteiger partial charge in [-0.05, 0) is 31.6 Å². The van der Waals surface area contributed by atoms with Crippen LogP contribution >= 0.6 is 0 Å². The summed E-state index contributed by atoms with van der Waals surface area (Å²) in [6, 6.07) is -0.378. The van der Waals surface area contributed by atoms with E-state index in [0.29, 0.717) is 5.92 Å². The molecular weight excluding hydrogens is 188 g/mol. The molecule has 1 rings (SSSR count). The van der Waals surface area contributed by atoms with Crippen LogP contribution in [-0.2, 0) is 4.79 Å². The predicted molar refractivity (Wildman–Crippen MR) is 62.4 cm³/mol. The number of nitrogens with two attached hydrogens (primary N) is 1. The molecule has 0 saturated heterocycles. The van der Waals surface area contributed by atoms with E-state index in [-0.39, 0.29) is 11.9 Å². The van der Waals surface area contributed by atoms with Gasteiger partial charge in [-0.1, -0.05) is 26.2 Å². The minimum Gasteiger partial charge on any atom is -0.354 e. The van der Waals surface area contributed by atoms with E-state index in [1.54, 1.807) is 6.92 Å². The highest BCUT2D eigenvalue weighted by Crippen LogP contribution is 2.29. The Kier molecular flexibility index (Phi) is 5.09. The maximum absolute atomic E-state index is 11.3. The van der Waals surface area contributed by atoms with Crippen molar-refractivity contribution in [1.29, 1.82) is 0 Å². The van der Waals surface area contributed by atoms with Gasteiger partial charge in [-0.25, -0.2) is 0 Å². The van der Waals surface area contributed by atoms with Crippen LogP contribution in [0.25, 0.3) is 0 Å². The molecule has 3 N–H and O–H groups in total. The van der Waals surface area contributed by atoms with Crippen molar-refractivity contribution in [3.8, 4) is 0 Å². The van der Waals surface area contributed by atoms with Gasteiger partial charge in [0.25, 0.3) is 0 Å². The molecule has 0 heterocycles. The van der Waals surface area contributed by atoms with Gasteiger partial charge in [0.2, 0.25) is 5.91 Å². The fraction of sp³-hybridized carbons (Fsp3) is 0.917. The largest absolute Gasteiger partial charge is 0.354 e. The number of hydrogen-bond acceptors (Lipinski definition) is 2. The van der Waals surface area contributed by atoms with Gasteiger partial charge >= 0.3 is 0 Å². The Morgan fingerprint density at radius 1 is 1.33 bits per heavy atom. The van der Waals surface area contributed by atoms with Crippen molar-refractivity contribution in [2.45, 2.75) is 52.0 Å². The van der Waals surface area contributed by atoms with Crippen LogP contribution in [0.4, 0.5) is 0 Å². The monoisotopic (exact) mass is 212 g/mol. The van der Waals surface area contributed by atoms with Crippen LogP contribution in [0, 0.1) is 11.8 Å². The quantitative estimate of drug-likeness (QED) is 0.744. The van der Waals surface area contributed by atoms with Crippen molar-refractivity contribution in [3.05, 3.63) is 0 Å². The van der Waals surface area contributed by atoms with Crippen molar-refractivity contribution in [2.75, 3.05) is 6.54 Å². The average Bonchev–Trinajstić information content (AvgIpc) is 2.26. The second-order valence-corrected chi connectivity index (χ2v) is 4.83. The maximum atomic E-state index is 11.3. The Labute approximate surface area is 92.8 Å². The molecule has 3 heteroatoms. The summed E-state index contributed by atoms with van der Waals surface area (Å²) < 4.78 is 0. The Balaban J connectivity index is 2.16. The summed E-state index contributed by atoms with van der Waals surface area (Å²) in [7, 11) is 0. The highest BCUT2D eigenvalue weighted by molar-refractivity contribution is 5.80. The third kappa shape index (κ3) is 4.20. The van der Waals surface area contributed by atoms with E-state index in [4.69, 9.17) is 5.73 Å². The lowest BCUT2D eigenvalue weighted by Crippen LogP contribution is -2.41. The highest BCUT2D eigenvalue weighted by Gasteiger charge is 2.20. The predicted octanol–water partition coefficient (Wildman–Crippen LogP) is 1.67. The normalized spacial score (nSPS) is 28.5. The topological polar surface area (TPSA) is 55.1 Å². The molecule has 1 fully saturated rings. The first-order valence-corrected chi connectivity index (χ1v) is 6.16. The Morgan fingerprint density at radius 2 is 1.87 bits per heavy atom. The first-order valence-electron chi connectivity index (χ1n) is 6.16. The molecule has 0 radical (unpaired) electrons. The van der Waals surface area contributed by atoms with Crippen LogP contribution in [0.2, 0.25) is 0 Å². The number of hydrogen-bond donors (Lipinski definition) is 2. The van der Waals surface area contributed by atoms with E-state index in [1.165, 1.54) is 32.1 Å². The molecule has 3 nitrogen and oxygen atoms in total. The van der Waals surface area contributed by atoms with E-state index in [9.17, 15) is 4.79 Å². The van der Waals surface area contributed by atoms with Crippen LogP contribution in [-0.4, -0.2) is 18.5 Å². The standard InChI is InChI=1S/C12H24N2O/c1-3-10-4-6-11(7-5-10)8-14-12(15)9(2)13/h9-11H,3-8,13H2,1-2H3,(H,14,15)/t9-,10?,11?/m0/s1. The SMILES string of the molecule is CCC1CCC(CNC(=O)[C@H](C)N)CC1. The van der Waals surface area contributed by atoms with Gasteiger partial charge in [0.1, 0.15) is 0 Å². The number of rotatable bonds is 4. The molecular formula is C12H24N2O. The van der Waals surface area contributed by atoms with Crippen molar-refractivity contribution >= 4 is 5.91 Å². The zero-order chi connectivity index (χ0) is 11.3. The molecule has 1 aliphatic rings. The Morgan fingerprint density at radius 3 is 2.33 bits per heavy atom. The lowest BCUT2D eigenvalue weighted by atomic mass is 9.81. The number of nitrogens with one attached hydrogen (secondary N) is 1. The number of carbonyl (C=O) groups is 1. The zero-order valence-corrected chi connectivity index (χ0v) is 9.96. The molecule has 0 aromatic carbocycles. The highest BCUT2D eigenvalue weighted by atomic mass is 16.2. The van der Waals surface area contributed by atoms with E-state index < -0.39 is 0 Å². The smallest absolute Gasteiger partial charge is 0.236 e. The third-order valence-electron chi connectivity index (χ3n) is 3.52. The van der Waals surface area contributed by atoms with Gasteiger partial charge in [-0.15, -0.1) is 0 Å². The summed E-state index contributed by atoms with van der Waals surface area (Å²) in [5.74, 6) is 1.58. The van der Waals surface area contributed by atoms with Crippen LogP contribution in [0.5, 0.6) is 0 Å². The number of amides is 1. The molecule has 0 aliphatic heterocycles. The molecule has 1 aliphatic carbocycles. The van der Waals surface area contributed by atoms with Gasteiger partial charge in [-0.3, -0.25) is 4.79 Å². The lowest BCUT2D eigenvalue weighted by molar-refractivity contribution is -0.122. The van der Waals surface area contributed by atoms with Gasteiger partial charge in [0.05, 0.1) is 6.04 Å². The van der Waals surface area contributed by atoms with Gasteiger partial charge in [-0.2, -0.15) is 0 Å². The summed E-state index contributed by atoms with van der Waals surface area (Å²) in [5.41, 5.74) is 5.48. The molecule has 1 amide bonds. The molecule has 1 atom stereocenters. The molecule has 0 bridgehead atoms. The second-order valence-electron chi connectivity index (χ2n) is 4.83. The fourth-order valence-corrected chi connectivity index (χ4v) is 2.25. The van der Waals surface area contributed by atoms with Gasteiger partial charge in [0.15, 0.2) is 0 Å². The third-order valence-corrected chi connectivity index (χ3v) is 3.52. The van der Waals surface area contributed by atoms with Crippen molar-refractivity contribution in [3.63, 3.8) is 0 Å². The minimum absolute atomic E-state index is 0.0207. The van der Waals surface area contributed by atoms with Crippen LogP contribution in [0.15, 0.2) is 0 Å². The molecule has 15 heavy (non-hydrogen) atoms. The fourth-order valence-electron chi connectivity index (χ4n) is 2.25. The van der Waals surface area contributed by atoms with Crippen molar-refractivity contribution < 1.29 is 4.79 Å². The summed E-state index contributed by atoms with van der Waals surface area (Å²) in [5, 5.41) is 2.92. The van der Waals surface area contributed by atoms with Crippen molar-refractivity contribution in [1.82, 2.24) is 5.32 Å². The average molecular weight is 212 g/mol. The van der Waals surface area contributed by atoms with E-state index >= 15 is 0 Å². The van der Waals surface area contributed by atoms with Crippen molar-refractivity contribution in [2.24, 2.45) is 17.6 Å². The molecule has 1 saturated carbocycles. The molecule has 0 aromatic rings. The van der Waals surface area contributed by atoms with Crippen LogP contribution in [0.3, 0.4) is 0 Å². The minimum atomic E-state index is -0.378. The van der Waals surface area contributed by atoms with E-state index in [1.807, 2.05) is 0 Å². The van der Waals surface area contributed by atoms with Crippen LogP contribution < -0.4 is 11.1 Å². The number of carbonyl (C=O) groups excluding carboxylic acids is 1. The van der Waals surface area contributed by atoms with E-state index in [2.05, 4.69) is 12.2 Å². The van der Waals surface area contributed by atoms with Crippen LogP contribution in [0.1, 0.15) is 46.0 Å². The van der Waals surface area contributed by atoms with Gasteiger partial charge in [0, 0.05) is 6.54 Å². The van der Waals surface area contributed by atoms with Gasteiger partial charge < -0.3 is 11.1 Å².